The summed E-state index contributed by atoms with van der Waals surface area (Å²) in [6.07, 6.45) is 3.60. The summed E-state index contributed by atoms with van der Waals surface area (Å²) in [7, 11) is 0. The van der Waals surface area contributed by atoms with Gasteiger partial charge in [-0.1, -0.05) is 30.4 Å². The molecule has 0 saturated carbocycles. The largest absolute Gasteiger partial charge is 0.478 e. The number of hydrogen-bond acceptors (Lipinski definition) is 2. The number of rotatable bonds is 5. The highest BCUT2D eigenvalue weighted by atomic mass is 19.1. The van der Waals surface area contributed by atoms with Gasteiger partial charge in [0.2, 0.25) is 0 Å². The van der Waals surface area contributed by atoms with Crippen LogP contribution < -0.4 is 5.32 Å². The van der Waals surface area contributed by atoms with Crippen molar-refractivity contribution in [2.24, 2.45) is 0 Å². The lowest BCUT2D eigenvalue weighted by molar-refractivity contribution is 0.0698. The van der Waals surface area contributed by atoms with Gasteiger partial charge in [-0.15, -0.1) is 0 Å². The first-order chi connectivity index (χ1) is 12.5. The Labute approximate surface area is 149 Å². The zero-order chi connectivity index (χ0) is 18.5. The predicted molar refractivity (Wildman–Crippen MR) is 98.4 cm³/mol. The summed E-state index contributed by atoms with van der Waals surface area (Å²) < 4.78 is 26.0. The van der Waals surface area contributed by atoms with Gasteiger partial charge >= 0.3 is 5.97 Å². The maximum absolute atomic E-state index is 13.0. The Morgan fingerprint density at radius 3 is 1.96 bits per heavy atom. The number of benzene rings is 3. The van der Waals surface area contributed by atoms with E-state index in [9.17, 15) is 18.7 Å². The topological polar surface area (TPSA) is 49.3 Å². The maximum atomic E-state index is 13.0. The molecule has 0 fully saturated rings. The first-order valence-electron chi connectivity index (χ1n) is 7.85. The van der Waals surface area contributed by atoms with E-state index in [1.54, 1.807) is 36.4 Å². The summed E-state index contributed by atoms with van der Waals surface area (Å²) >= 11 is 0. The van der Waals surface area contributed by atoms with E-state index >= 15 is 0 Å². The van der Waals surface area contributed by atoms with Crippen LogP contribution in [0.3, 0.4) is 0 Å². The molecule has 0 spiro atoms. The van der Waals surface area contributed by atoms with Crippen molar-refractivity contribution in [3.8, 4) is 0 Å². The molecule has 0 aliphatic rings. The predicted octanol–water partition coefficient (Wildman–Crippen LogP) is 5.58. The van der Waals surface area contributed by atoms with E-state index < -0.39 is 5.97 Å². The molecule has 0 aliphatic heterocycles. The Morgan fingerprint density at radius 1 is 0.808 bits per heavy atom. The normalized spacial score (nSPS) is 10.8. The lowest BCUT2D eigenvalue weighted by atomic mass is 10.1. The molecule has 0 atom stereocenters. The standard InChI is InChI=1S/C21H15F2NO2/c22-16-6-3-14(4-7-16)1-2-15-5-12-19(21(25)26)20(13-15)24-18-10-8-17(23)9-11-18/h1-13,24H,(H,25,26). The van der Waals surface area contributed by atoms with Crippen molar-refractivity contribution in [2.75, 3.05) is 5.32 Å². The maximum Gasteiger partial charge on any atom is 0.337 e. The van der Waals surface area contributed by atoms with Gasteiger partial charge in [0.05, 0.1) is 11.3 Å². The first kappa shape index (κ1) is 17.4. The minimum Gasteiger partial charge on any atom is -0.478 e. The van der Waals surface area contributed by atoms with Gasteiger partial charge in [0.25, 0.3) is 0 Å². The van der Waals surface area contributed by atoms with Gasteiger partial charge in [0, 0.05) is 5.69 Å². The van der Waals surface area contributed by atoms with Crippen molar-refractivity contribution in [2.45, 2.75) is 0 Å². The molecule has 0 bridgehead atoms. The van der Waals surface area contributed by atoms with Gasteiger partial charge in [0.15, 0.2) is 0 Å². The van der Waals surface area contributed by atoms with Crippen molar-refractivity contribution >= 4 is 29.5 Å². The van der Waals surface area contributed by atoms with E-state index in [1.165, 1.54) is 42.5 Å². The smallest absolute Gasteiger partial charge is 0.337 e. The third-order valence-electron chi connectivity index (χ3n) is 3.74. The van der Waals surface area contributed by atoms with Crippen molar-refractivity contribution in [3.63, 3.8) is 0 Å². The molecule has 0 saturated heterocycles. The average Bonchev–Trinajstić information content (AvgIpc) is 2.63. The number of nitrogens with one attached hydrogen (secondary N) is 1. The Hall–Kier alpha value is -3.47. The summed E-state index contributed by atoms with van der Waals surface area (Å²) in [4.78, 5) is 11.4. The second-order valence-electron chi connectivity index (χ2n) is 5.63. The van der Waals surface area contributed by atoms with Gasteiger partial charge in [0.1, 0.15) is 11.6 Å². The minimum atomic E-state index is -1.07. The molecule has 0 unspecified atom stereocenters. The SMILES string of the molecule is O=C(O)c1ccc(C=Cc2ccc(F)cc2)cc1Nc1ccc(F)cc1. The number of carbonyl (C=O) groups is 1. The Morgan fingerprint density at radius 2 is 1.35 bits per heavy atom. The monoisotopic (exact) mass is 351 g/mol. The summed E-state index contributed by atoms with van der Waals surface area (Å²) in [5.74, 6) is -1.74. The number of halogens is 2. The van der Waals surface area contributed by atoms with Crippen molar-refractivity contribution in [3.05, 3.63) is 95.1 Å². The molecule has 2 N–H and O–H groups in total. The summed E-state index contributed by atoms with van der Waals surface area (Å²) in [6, 6.07) is 16.5. The van der Waals surface area contributed by atoms with Crippen LogP contribution in [-0.2, 0) is 0 Å². The van der Waals surface area contributed by atoms with E-state index in [0.717, 1.165) is 11.1 Å². The fourth-order valence-electron chi connectivity index (χ4n) is 2.41. The van der Waals surface area contributed by atoms with Crippen LogP contribution in [0.15, 0.2) is 66.7 Å². The molecular weight excluding hydrogens is 336 g/mol. The molecule has 3 aromatic rings. The number of carboxylic acids is 1. The van der Waals surface area contributed by atoms with Crippen LogP contribution in [0.25, 0.3) is 12.2 Å². The third-order valence-corrected chi connectivity index (χ3v) is 3.74. The second kappa shape index (κ2) is 7.61. The van der Waals surface area contributed by atoms with Crippen LogP contribution in [0.4, 0.5) is 20.2 Å². The first-order valence-corrected chi connectivity index (χ1v) is 7.85. The molecule has 0 radical (unpaired) electrons. The van der Waals surface area contributed by atoms with E-state index in [0.29, 0.717) is 11.4 Å². The van der Waals surface area contributed by atoms with E-state index in [1.807, 2.05) is 0 Å². The molecule has 5 heteroatoms. The van der Waals surface area contributed by atoms with Crippen molar-refractivity contribution in [1.82, 2.24) is 0 Å². The lowest BCUT2D eigenvalue weighted by Crippen LogP contribution is -2.03. The van der Waals surface area contributed by atoms with Gasteiger partial charge < -0.3 is 10.4 Å². The van der Waals surface area contributed by atoms with Gasteiger partial charge in [-0.25, -0.2) is 13.6 Å². The third kappa shape index (κ3) is 4.33. The lowest BCUT2D eigenvalue weighted by Gasteiger charge is -2.11. The van der Waals surface area contributed by atoms with Gasteiger partial charge in [-0.05, 0) is 59.7 Å². The zero-order valence-electron chi connectivity index (χ0n) is 13.6. The highest BCUT2D eigenvalue weighted by Crippen LogP contribution is 2.24. The summed E-state index contributed by atoms with van der Waals surface area (Å²) in [6.45, 7) is 0. The van der Waals surface area contributed by atoms with E-state index in [-0.39, 0.29) is 17.2 Å². The van der Waals surface area contributed by atoms with Gasteiger partial charge in [-0.2, -0.15) is 0 Å². The van der Waals surface area contributed by atoms with E-state index in [2.05, 4.69) is 5.32 Å². The molecule has 0 aromatic heterocycles. The van der Waals surface area contributed by atoms with Crippen molar-refractivity contribution < 1.29 is 18.7 Å². The summed E-state index contributed by atoms with van der Waals surface area (Å²) in [5, 5.41) is 12.4. The zero-order valence-corrected chi connectivity index (χ0v) is 13.6. The van der Waals surface area contributed by atoms with Crippen LogP contribution in [0.1, 0.15) is 21.5 Å². The molecule has 3 aromatic carbocycles. The van der Waals surface area contributed by atoms with Crippen LogP contribution in [-0.4, -0.2) is 11.1 Å². The highest BCUT2D eigenvalue weighted by Gasteiger charge is 2.10. The Bertz CT molecular complexity index is 949. The van der Waals surface area contributed by atoms with Crippen LogP contribution in [0, 0.1) is 11.6 Å². The van der Waals surface area contributed by atoms with Gasteiger partial charge in [-0.3, -0.25) is 0 Å². The molecule has 0 aliphatic carbocycles. The fourth-order valence-corrected chi connectivity index (χ4v) is 2.41. The van der Waals surface area contributed by atoms with Crippen LogP contribution in [0.5, 0.6) is 0 Å². The number of anilines is 2. The Balaban J connectivity index is 1.89. The number of carboxylic acid groups (broad SMARTS) is 1. The highest BCUT2D eigenvalue weighted by molar-refractivity contribution is 5.96. The molecule has 26 heavy (non-hydrogen) atoms. The van der Waals surface area contributed by atoms with E-state index in [4.69, 9.17) is 0 Å². The number of aromatic carboxylic acids is 1. The van der Waals surface area contributed by atoms with Crippen molar-refractivity contribution in [1.29, 1.82) is 0 Å². The molecule has 3 rings (SSSR count). The quantitative estimate of drug-likeness (QED) is 0.590. The molecule has 0 heterocycles. The minimum absolute atomic E-state index is 0.105. The Kier molecular flexibility index (Phi) is 5.08. The number of hydrogen-bond donors (Lipinski definition) is 2. The van der Waals surface area contributed by atoms with Crippen LogP contribution >= 0.6 is 0 Å². The molecule has 130 valence electrons. The van der Waals surface area contributed by atoms with Crippen LogP contribution in [0.2, 0.25) is 0 Å². The molecule has 0 amide bonds. The summed E-state index contributed by atoms with van der Waals surface area (Å²) in [5.41, 5.74) is 2.66. The molecule has 3 nitrogen and oxygen atoms in total. The second-order valence-corrected chi connectivity index (χ2v) is 5.63. The molecular formula is C21H15F2NO2. The fraction of sp³-hybridized carbons (Fsp3) is 0. The average molecular weight is 351 g/mol.